The van der Waals surface area contributed by atoms with Crippen molar-refractivity contribution in [2.24, 2.45) is 0 Å². The van der Waals surface area contributed by atoms with Crippen LogP contribution in [0.15, 0.2) is 0 Å². The molecule has 0 aromatic carbocycles. The minimum Gasteiger partial charge on any atom is -0.464 e. The van der Waals surface area contributed by atoms with E-state index in [0.29, 0.717) is 13.0 Å². The van der Waals surface area contributed by atoms with Crippen LogP contribution in [0.4, 0.5) is 4.79 Å². The summed E-state index contributed by atoms with van der Waals surface area (Å²) in [5.41, 5.74) is 0. The first-order valence-corrected chi connectivity index (χ1v) is 10.1. The van der Waals surface area contributed by atoms with Crippen molar-refractivity contribution < 1.29 is 19.1 Å². The monoisotopic (exact) mass is 347 g/mol. The average molecular weight is 348 g/mol. The lowest BCUT2D eigenvalue weighted by molar-refractivity contribution is -0.146. The van der Waals surface area contributed by atoms with Gasteiger partial charge in [0, 0.05) is 0 Å². The van der Waals surface area contributed by atoms with Crippen LogP contribution in [-0.2, 0) is 14.3 Å². The van der Waals surface area contributed by atoms with Gasteiger partial charge in [-0.05, 0) is 31.8 Å². The Morgan fingerprint density at radius 1 is 1.00 bits per heavy atom. The molecule has 0 bridgehead atoms. The second-order valence-corrected chi connectivity index (χ2v) is 6.47. The van der Waals surface area contributed by atoms with Gasteiger partial charge in [-0.3, -0.25) is 0 Å². The average Bonchev–Trinajstić information content (AvgIpc) is 2.54. The SMILES string of the molecule is CCCCCCCCCOC(=O)[C@H](CCSC)NC(=O)OCC. The van der Waals surface area contributed by atoms with Gasteiger partial charge in [0.25, 0.3) is 0 Å². The predicted octanol–water partition coefficient (Wildman–Crippen LogP) is 4.15. The smallest absolute Gasteiger partial charge is 0.407 e. The molecule has 23 heavy (non-hydrogen) atoms. The fraction of sp³-hybridized carbons (Fsp3) is 0.882. The van der Waals surface area contributed by atoms with Gasteiger partial charge in [0.15, 0.2) is 0 Å². The number of rotatable bonds is 14. The van der Waals surface area contributed by atoms with E-state index < -0.39 is 12.1 Å². The summed E-state index contributed by atoms with van der Waals surface area (Å²) in [6.07, 6.45) is 10.2. The molecule has 1 amide bonds. The van der Waals surface area contributed by atoms with E-state index in [4.69, 9.17) is 9.47 Å². The van der Waals surface area contributed by atoms with Gasteiger partial charge >= 0.3 is 12.1 Å². The van der Waals surface area contributed by atoms with Crippen LogP contribution in [0.2, 0.25) is 0 Å². The maximum Gasteiger partial charge on any atom is 0.407 e. The highest BCUT2D eigenvalue weighted by molar-refractivity contribution is 7.98. The van der Waals surface area contributed by atoms with Crippen LogP contribution in [0.3, 0.4) is 0 Å². The third-order valence-electron chi connectivity index (χ3n) is 3.45. The second-order valence-electron chi connectivity index (χ2n) is 5.49. The van der Waals surface area contributed by atoms with E-state index in [1.165, 1.54) is 32.1 Å². The van der Waals surface area contributed by atoms with Gasteiger partial charge in [0.05, 0.1) is 13.2 Å². The largest absolute Gasteiger partial charge is 0.464 e. The third kappa shape index (κ3) is 13.2. The predicted molar refractivity (Wildman–Crippen MR) is 95.9 cm³/mol. The molecule has 0 heterocycles. The van der Waals surface area contributed by atoms with E-state index in [2.05, 4.69) is 12.2 Å². The first-order chi connectivity index (χ1) is 11.2. The molecule has 1 N–H and O–H groups in total. The number of alkyl carbamates (subject to hydrolysis) is 1. The summed E-state index contributed by atoms with van der Waals surface area (Å²) in [6, 6.07) is -0.619. The minimum atomic E-state index is -0.619. The maximum absolute atomic E-state index is 12.1. The van der Waals surface area contributed by atoms with Crippen LogP contribution in [0.5, 0.6) is 0 Å². The quantitative estimate of drug-likeness (QED) is 0.378. The normalized spacial score (nSPS) is 11.8. The molecule has 0 aromatic heterocycles. The van der Waals surface area contributed by atoms with E-state index in [1.54, 1.807) is 18.7 Å². The van der Waals surface area contributed by atoms with Crippen molar-refractivity contribution in [1.29, 1.82) is 0 Å². The summed E-state index contributed by atoms with van der Waals surface area (Å²) in [5, 5.41) is 2.58. The van der Waals surface area contributed by atoms with Gasteiger partial charge in [-0.25, -0.2) is 9.59 Å². The lowest BCUT2D eigenvalue weighted by Gasteiger charge is -2.17. The zero-order chi connectivity index (χ0) is 17.3. The van der Waals surface area contributed by atoms with E-state index >= 15 is 0 Å². The number of hydrogen-bond acceptors (Lipinski definition) is 5. The van der Waals surface area contributed by atoms with Crippen molar-refractivity contribution in [3.63, 3.8) is 0 Å². The van der Waals surface area contributed by atoms with Gasteiger partial charge in [0.2, 0.25) is 0 Å². The third-order valence-corrected chi connectivity index (χ3v) is 4.10. The van der Waals surface area contributed by atoms with Gasteiger partial charge in [-0.2, -0.15) is 11.8 Å². The van der Waals surface area contributed by atoms with Gasteiger partial charge in [0.1, 0.15) is 6.04 Å². The molecule has 0 aromatic rings. The highest BCUT2D eigenvalue weighted by Gasteiger charge is 2.22. The first-order valence-electron chi connectivity index (χ1n) is 8.74. The van der Waals surface area contributed by atoms with Crippen LogP contribution in [0, 0.1) is 0 Å². The number of carbonyl (C=O) groups is 2. The number of hydrogen-bond donors (Lipinski definition) is 1. The summed E-state index contributed by atoms with van der Waals surface area (Å²) in [5.74, 6) is 0.418. The molecule has 0 saturated carbocycles. The molecule has 1 atom stereocenters. The van der Waals surface area contributed by atoms with E-state index in [9.17, 15) is 9.59 Å². The van der Waals surface area contributed by atoms with Crippen LogP contribution in [-0.4, -0.2) is 43.3 Å². The molecule has 0 aliphatic heterocycles. The molecule has 0 radical (unpaired) electrons. The van der Waals surface area contributed by atoms with Crippen molar-refractivity contribution in [1.82, 2.24) is 5.32 Å². The Kier molecular flexibility index (Phi) is 15.3. The van der Waals surface area contributed by atoms with Gasteiger partial charge in [-0.1, -0.05) is 45.4 Å². The van der Waals surface area contributed by atoms with E-state index in [0.717, 1.165) is 18.6 Å². The zero-order valence-corrected chi connectivity index (χ0v) is 15.7. The van der Waals surface area contributed by atoms with Crippen LogP contribution < -0.4 is 5.32 Å². The maximum atomic E-state index is 12.1. The Morgan fingerprint density at radius 3 is 2.26 bits per heavy atom. The number of nitrogens with one attached hydrogen (secondary N) is 1. The molecule has 6 heteroatoms. The Hall–Kier alpha value is -0.910. The van der Waals surface area contributed by atoms with Crippen LogP contribution in [0.1, 0.15) is 65.2 Å². The fourth-order valence-corrected chi connectivity index (χ4v) is 2.60. The van der Waals surface area contributed by atoms with Crippen molar-refractivity contribution in [2.45, 2.75) is 71.3 Å². The molecular weight excluding hydrogens is 314 g/mol. The molecule has 5 nitrogen and oxygen atoms in total. The summed E-state index contributed by atoms with van der Waals surface area (Å²) in [6.45, 7) is 4.65. The lowest BCUT2D eigenvalue weighted by Crippen LogP contribution is -2.42. The number of ether oxygens (including phenoxy) is 2. The number of unbranched alkanes of at least 4 members (excludes halogenated alkanes) is 6. The summed E-state index contributed by atoms with van der Waals surface area (Å²) >= 11 is 1.63. The van der Waals surface area contributed by atoms with Gasteiger partial charge < -0.3 is 14.8 Å². The Bertz CT molecular complexity index is 313. The molecule has 0 unspecified atom stereocenters. The van der Waals surface area contributed by atoms with Crippen LogP contribution >= 0.6 is 11.8 Å². The number of esters is 1. The first kappa shape index (κ1) is 22.1. The standard InChI is InChI=1S/C17H33NO4S/c1-4-6-7-8-9-10-11-13-22-16(19)15(12-14-23-3)18-17(20)21-5-2/h15H,4-14H2,1-3H3,(H,18,20)/t15-/m0/s1. The number of carbonyl (C=O) groups excluding carboxylic acids is 2. The Labute approximate surface area is 145 Å². The number of thioether (sulfide) groups is 1. The summed E-state index contributed by atoms with van der Waals surface area (Å²) < 4.78 is 10.1. The van der Waals surface area contributed by atoms with Crippen molar-refractivity contribution in [3.05, 3.63) is 0 Å². The minimum absolute atomic E-state index is 0.286. The fourth-order valence-electron chi connectivity index (χ4n) is 2.13. The molecular formula is C17H33NO4S. The Morgan fingerprint density at radius 2 is 1.65 bits per heavy atom. The lowest BCUT2D eigenvalue weighted by atomic mass is 10.1. The van der Waals surface area contributed by atoms with E-state index in [-0.39, 0.29) is 12.6 Å². The van der Waals surface area contributed by atoms with Crippen molar-refractivity contribution in [3.8, 4) is 0 Å². The number of amides is 1. The molecule has 0 aliphatic rings. The van der Waals surface area contributed by atoms with Crippen LogP contribution in [0.25, 0.3) is 0 Å². The second kappa shape index (κ2) is 16.0. The molecule has 136 valence electrons. The summed E-state index contributed by atoms with van der Waals surface area (Å²) in [4.78, 5) is 23.5. The molecule has 0 saturated heterocycles. The molecule has 0 spiro atoms. The van der Waals surface area contributed by atoms with Gasteiger partial charge in [-0.15, -0.1) is 0 Å². The topological polar surface area (TPSA) is 64.6 Å². The molecule has 0 aliphatic carbocycles. The van der Waals surface area contributed by atoms with Crippen molar-refractivity contribution in [2.75, 3.05) is 25.2 Å². The molecule has 0 fully saturated rings. The molecule has 0 rings (SSSR count). The van der Waals surface area contributed by atoms with E-state index in [1.807, 2.05) is 6.26 Å². The Balaban J connectivity index is 3.91. The highest BCUT2D eigenvalue weighted by atomic mass is 32.2. The zero-order valence-electron chi connectivity index (χ0n) is 14.9. The highest BCUT2D eigenvalue weighted by Crippen LogP contribution is 2.08. The summed E-state index contributed by atoms with van der Waals surface area (Å²) in [7, 11) is 0. The van der Waals surface area contributed by atoms with Crippen molar-refractivity contribution >= 4 is 23.8 Å².